The molecular formula is C17H21ClN4O3. The van der Waals surface area contributed by atoms with Crippen LogP contribution < -0.4 is 17.0 Å². The molecule has 0 bridgehead atoms. The van der Waals surface area contributed by atoms with Crippen molar-refractivity contribution in [2.75, 3.05) is 13.1 Å². The summed E-state index contributed by atoms with van der Waals surface area (Å²) in [7, 11) is 0. The second-order valence-corrected chi connectivity index (χ2v) is 6.02. The van der Waals surface area contributed by atoms with Gasteiger partial charge in [-0.1, -0.05) is 30.3 Å². The van der Waals surface area contributed by atoms with Crippen molar-refractivity contribution in [3.8, 4) is 0 Å². The van der Waals surface area contributed by atoms with Crippen molar-refractivity contribution in [3.05, 3.63) is 69.0 Å². The highest BCUT2D eigenvalue weighted by molar-refractivity contribution is 5.85. The molecule has 1 fully saturated rings. The molecule has 1 aliphatic heterocycles. The first-order chi connectivity index (χ1) is 11.5. The predicted molar refractivity (Wildman–Crippen MR) is 96.9 cm³/mol. The third-order valence-electron chi connectivity index (χ3n) is 4.21. The van der Waals surface area contributed by atoms with E-state index < -0.39 is 11.2 Å². The summed E-state index contributed by atoms with van der Waals surface area (Å²) in [5.74, 6) is -0.250. The molecule has 25 heavy (non-hydrogen) atoms. The Morgan fingerprint density at radius 2 is 1.88 bits per heavy atom. The van der Waals surface area contributed by atoms with E-state index in [0.717, 1.165) is 16.6 Å². The van der Waals surface area contributed by atoms with Crippen LogP contribution in [0.15, 0.2) is 52.2 Å². The van der Waals surface area contributed by atoms with Gasteiger partial charge >= 0.3 is 5.69 Å². The highest BCUT2D eigenvalue weighted by Gasteiger charge is 2.24. The van der Waals surface area contributed by atoms with Crippen molar-refractivity contribution in [2.24, 2.45) is 5.73 Å². The van der Waals surface area contributed by atoms with Gasteiger partial charge in [-0.2, -0.15) is 0 Å². The molecule has 3 rings (SSSR count). The summed E-state index contributed by atoms with van der Waals surface area (Å²) in [6.45, 7) is 1.14. The summed E-state index contributed by atoms with van der Waals surface area (Å²) < 4.78 is 2.41. The molecule has 1 aromatic heterocycles. The average molecular weight is 365 g/mol. The Morgan fingerprint density at radius 1 is 1.16 bits per heavy atom. The number of benzene rings is 1. The van der Waals surface area contributed by atoms with E-state index >= 15 is 0 Å². The standard InChI is InChI=1S/C17H20N4O3.ClH/c18-14-6-8-19(11-14)16(23)12-21-15(22)7-9-20(17(21)24)10-13-4-2-1-3-5-13;/h1-5,7,9,14H,6,8,10-12,18H2;1H/t14-;/m1./s1. The highest BCUT2D eigenvalue weighted by atomic mass is 35.5. The number of aromatic nitrogens is 2. The van der Waals surface area contributed by atoms with Crippen molar-refractivity contribution in [1.82, 2.24) is 14.0 Å². The van der Waals surface area contributed by atoms with E-state index in [9.17, 15) is 14.4 Å². The van der Waals surface area contributed by atoms with Gasteiger partial charge in [-0.15, -0.1) is 12.4 Å². The molecule has 2 aromatic rings. The van der Waals surface area contributed by atoms with Gasteiger partial charge in [0, 0.05) is 31.4 Å². The van der Waals surface area contributed by atoms with Gasteiger partial charge in [-0.25, -0.2) is 4.79 Å². The molecule has 0 radical (unpaired) electrons. The van der Waals surface area contributed by atoms with Crippen molar-refractivity contribution in [3.63, 3.8) is 0 Å². The van der Waals surface area contributed by atoms with Gasteiger partial charge in [0.1, 0.15) is 6.54 Å². The SMILES string of the molecule is Cl.N[C@@H]1CCN(C(=O)Cn2c(=O)ccn(Cc3ccccc3)c2=O)C1. The Balaban J connectivity index is 0.00000225. The van der Waals surface area contributed by atoms with Gasteiger partial charge in [-0.3, -0.25) is 18.7 Å². The predicted octanol–water partition coefficient (Wildman–Crippen LogP) is 0.0397. The fraction of sp³-hybridized carbons (Fsp3) is 0.353. The maximum Gasteiger partial charge on any atom is 0.331 e. The highest BCUT2D eigenvalue weighted by Crippen LogP contribution is 2.07. The Kier molecular flexibility index (Phi) is 6.17. The van der Waals surface area contributed by atoms with Crippen LogP contribution in [0.2, 0.25) is 0 Å². The molecule has 2 N–H and O–H groups in total. The lowest BCUT2D eigenvalue weighted by Crippen LogP contribution is -2.44. The van der Waals surface area contributed by atoms with E-state index in [1.54, 1.807) is 4.90 Å². The van der Waals surface area contributed by atoms with E-state index in [1.165, 1.54) is 16.8 Å². The summed E-state index contributed by atoms with van der Waals surface area (Å²) >= 11 is 0. The van der Waals surface area contributed by atoms with Gasteiger partial charge in [0.05, 0.1) is 6.54 Å². The van der Waals surface area contributed by atoms with E-state index in [-0.39, 0.29) is 30.9 Å². The zero-order chi connectivity index (χ0) is 17.1. The van der Waals surface area contributed by atoms with Crippen LogP contribution in [0.3, 0.4) is 0 Å². The lowest BCUT2D eigenvalue weighted by atomic mass is 10.2. The first-order valence-electron chi connectivity index (χ1n) is 7.92. The lowest BCUT2D eigenvalue weighted by molar-refractivity contribution is -0.130. The first kappa shape index (κ1) is 19.0. The smallest absolute Gasteiger partial charge is 0.331 e. The van der Waals surface area contributed by atoms with Crippen LogP contribution in [-0.4, -0.2) is 39.1 Å². The largest absolute Gasteiger partial charge is 0.340 e. The van der Waals surface area contributed by atoms with Crippen molar-refractivity contribution < 1.29 is 4.79 Å². The third kappa shape index (κ3) is 4.37. The van der Waals surface area contributed by atoms with Crippen LogP contribution in [0.25, 0.3) is 0 Å². The normalized spacial score (nSPS) is 16.5. The van der Waals surface area contributed by atoms with E-state index in [4.69, 9.17) is 5.73 Å². The molecule has 1 amide bonds. The van der Waals surface area contributed by atoms with Crippen LogP contribution >= 0.6 is 12.4 Å². The second kappa shape index (κ2) is 8.13. The molecule has 1 aromatic carbocycles. The maximum atomic E-state index is 12.5. The number of likely N-dealkylation sites (tertiary alicyclic amines) is 1. The fourth-order valence-corrected chi connectivity index (χ4v) is 2.85. The van der Waals surface area contributed by atoms with E-state index in [2.05, 4.69) is 0 Å². The van der Waals surface area contributed by atoms with Crippen LogP contribution in [0.5, 0.6) is 0 Å². The summed E-state index contributed by atoms with van der Waals surface area (Å²) in [5.41, 5.74) is 5.79. The summed E-state index contributed by atoms with van der Waals surface area (Å²) in [4.78, 5) is 38.5. The summed E-state index contributed by atoms with van der Waals surface area (Å²) in [5, 5.41) is 0. The number of nitrogens with zero attached hydrogens (tertiary/aromatic N) is 3. The maximum absolute atomic E-state index is 12.5. The summed E-state index contributed by atoms with van der Waals surface area (Å²) in [6, 6.07) is 10.8. The Hall–Kier alpha value is -2.38. The monoisotopic (exact) mass is 364 g/mol. The lowest BCUT2D eigenvalue weighted by Gasteiger charge is -2.16. The Bertz CT molecular complexity index is 847. The first-order valence-corrected chi connectivity index (χ1v) is 7.92. The quantitative estimate of drug-likeness (QED) is 0.829. The molecule has 7 nitrogen and oxygen atoms in total. The molecule has 8 heteroatoms. The van der Waals surface area contributed by atoms with Gasteiger partial charge in [0.25, 0.3) is 5.56 Å². The number of rotatable bonds is 4. The van der Waals surface area contributed by atoms with Crippen LogP contribution in [0.4, 0.5) is 0 Å². The molecule has 2 heterocycles. The Labute approximate surface area is 151 Å². The minimum Gasteiger partial charge on any atom is -0.340 e. The summed E-state index contributed by atoms with van der Waals surface area (Å²) in [6.07, 6.45) is 2.21. The third-order valence-corrected chi connectivity index (χ3v) is 4.21. The zero-order valence-corrected chi connectivity index (χ0v) is 14.5. The zero-order valence-electron chi connectivity index (χ0n) is 13.7. The number of halogens is 1. The van der Waals surface area contributed by atoms with Crippen molar-refractivity contribution >= 4 is 18.3 Å². The fourth-order valence-electron chi connectivity index (χ4n) is 2.85. The molecule has 134 valence electrons. The molecule has 0 unspecified atom stereocenters. The molecule has 0 saturated carbocycles. The molecule has 0 spiro atoms. The number of hydrogen-bond acceptors (Lipinski definition) is 4. The van der Waals surface area contributed by atoms with E-state index in [0.29, 0.717) is 19.6 Å². The number of carbonyl (C=O) groups excluding carboxylic acids is 1. The number of nitrogens with two attached hydrogens (primary N) is 1. The van der Waals surface area contributed by atoms with Gasteiger partial charge in [0.2, 0.25) is 5.91 Å². The van der Waals surface area contributed by atoms with Crippen molar-refractivity contribution in [1.29, 1.82) is 0 Å². The molecule has 1 aliphatic rings. The molecule has 0 aliphatic carbocycles. The van der Waals surface area contributed by atoms with Gasteiger partial charge in [-0.05, 0) is 12.0 Å². The molecular weight excluding hydrogens is 344 g/mol. The van der Waals surface area contributed by atoms with Crippen molar-refractivity contribution in [2.45, 2.75) is 25.6 Å². The number of amides is 1. The van der Waals surface area contributed by atoms with Crippen LogP contribution in [0, 0.1) is 0 Å². The van der Waals surface area contributed by atoms with Crippen LogP contribution in [-0.2, 0) is 17.9 Å². The number of hydrogen-bond donors (Lipinski definition) is 1. The van der Waals surface area contributed by atoms with E-state index in [1.807, 2.05) is 30.3 Å². The minimum absolute atomic E-state index is 0. The second-order valence-electron chi connectivity index (χ2n) is 6.02. The number of carbonyl (C=O) groups is 1. The average Bonchev–Trinajstić information content (AvgIpc) is 3.01. The molecule has 1 saturated heterocycles. The van der Waals surface area contributed by atoms with Gasteiger partial charge < -0.3 is 10.6 Å². The topological polar surface area (TPSA) is 90.3 Å². The van der Waals surface area contributed by atoms with Gasteiger partial charge in [0.15, 0.2) is 0 Å². The van der Waals surface area contributed by atoms with Crippen LogP contribution in [0.1, 0.15) is 12.0 Å². The molecule has 1 atom stereocenters. The minimum atomic E-state index is -0.483. The Morgan fingerprint density at radius 3 is 2.52 bits per heavy atom.